The van der Waals surface area contributed by atoms with E-state index in [9.17, 15) is 4.79 Å². The number of hydrogen-bond donors (Lipinski definition) is 0. The molecule has 0 radical (unpaired) electrons. The lowest BCUT2D eigenvalue weighted by atomic mass is 9.77. The summed E-state index contributed by atoms with van der Waals surface area (Å²) in [6, 6.07) is 5.65. The number of benzene rings is 1. The SMILES string of the molecule is CCC1CCCC(C(=O)c2cccc3c2OCCO3)C1. The fourth-order valence-electron chi connectivity index (χ4n) is 3.39. The molecule has 0 N–H and O–H groups in total. The van der Waals surface area contributed by atoms with E-state index in [0.717, 1.165) is 12.8 Å². The van der Waals surface area contributed by atoms with Crippen molar-refractivity contribution >= 4 is 5.78 Å². The number of ketones is 1. The molecule has 2 aliphatic rings. The number of hydrogen-bond acceptors (Lipinski definition) is 3. The second-order valence-electron chi connectivity index (χ2n) is 5.83. The molecule has 1 fully saturated rings. The molecule has 0 amide bonds. The molecule has 1 aliphatic carbocycles. The fourth-order valence-corrected chi connectivity index (χ4v) is 3.39. The van der Waals surface area contributed by atoms with Crippen molar-refractivity contribution in [3.63, 3.8) is 0 Å². The van der Waals surface area contributed by atoms with Crippen molar-refractivity contribution in [2.24, 2.45) is 11.8 Å². The molecule has 3 heteroatoms. The van der Waals surface area contributed by atoms with Crippen molar-refractivity contribution in [2.45, 2.75) is 39.0 Å². The van der Waals surface area contributed by atoms with Crippen molar-refractivity contribution in [1.82, 2.24) is 0 Å². The smallest absolute Gasteiger partial charge is 0.172 e. The fraction of sp³-hybridized carbons (Fsp3) is 0.588. The zero-order chi connectivity index (χ0) is 13.9. The highest BCUT2D eigenvalue weighted by atomic mass is 16.6. The van der Waals surface area contributed by atoms with Gasteiger partial charge >= 0.3 is 0 Å². The van der Waals surface area contributed by atoms with Crippen LogP contribution in [0.1, 0.15) is 49.4 Å². The quantitative estimate of drug-likeness (QED) is 0.785. The van der Waals surface area contributed by atoms with Gasteiger partial charge in [-0.3, -0.25) is 4.79 Å². The molecule has 0 spiro atoms. The lowest BCUT2D eigenvalue weighted by Crippen LogP contribution is -2.24. The van der Waals surface area contributed by atoms with E-state index in [1.165, 1.54) is 19.3 Å². The zero-order valence-electron chi connectivity index (χ0n) is 12.1. The largest absolute Gasteiger partial charge is 0.486 e. The molecule has 1 aromatic rings. The Bertz CT molecular complexity index is 495. The Labute approximate surface area is 120 Å². The van der Waals surface area contributed by atoms with E-state index in [4.69, 9.17) is 9.47 Å². The average molecular weight is 274 g/mol. The van der Waals surface area contributed by atoms with Crippen LogP contribution in [0.15, 0.2) is 18.2 Å². The summed E-state index contributed by atoms with van der Waals surface area (Å²) in [4.78, 5) is 12.8. The predicted octanol–water partition coefficient (Wildman–Crippen LogP) is 3.86. The lowest BCUT2D eigenvalue weighted by Gasteiger charge is -2.28. The van der Waals surface area contributed by atoms with Gasteiger partial charge in [0.25, 0.3) is 0 Å². The minimum Gasteiger partial charge on any atom is -0.486 e. The number of Topliss-reactive ketones (excluding diaryl/α,β-unsaturated/α-hetero) is 1. The molecule has 1 aromatic carbocycles. The predicted molar refractivity (Wildman–Crippen MR) is 77.5 cm³/mol. The van der Waals surface area contributed by atoms with E-state index < -0.39 is 0 Å². The normalized spacial score (nSPS) is 25.2. The Hall–Kier alpha value is -1.51. The summed E-state index contributed by atoms with van der Waals surface area (Å²) in [6.45, 7) is 3.31. The molecule has 1 heterocycles. The van der Waals surface area contributed by atoms with Gasteiger partial charge in [-0.2, -0.15) is 0 Å². The average Bonchev–Trinajstić information content (AvgIpc) is 2.53. The summed E-state index contributed by atoms with van der Waals surface area (Å²) < 4.78 is 11.2. The van der Waals surface area contributed by atoms with Crippen LogP contribution in [0.3, 0.4) is 0 Å². The summed E-state index contributed by atoms with van der Waals surface area (Å²) in [5.74, 6) is 2.47. The topological polar surface area (TPSA) is 35.5 Å². The van der Waals surface area contributed by atoms with Crippen LogP contribution in [0.5, 0.6) is 11.5 Å². The third-order valence-corrected chi connectivity index (χ3v) is 4.56. The molecule has 2 unspecified atom stereocenters. The van der Waals surface area contributed by atoms with Crippen molar-refractivity contribution in [1.29, 1.82) is 0 Å². The maximum atomic E-state index is 12.8. The second kappa shape index (κ2) is 5.86. The summed E-state index contributed by atoms with van der Waals surface area (Å²) >= 11 is 0. The molecule has 0 bridgehead atoms. The van der Waals surface area contributed by atoms with Gasteiger partial charge in [0.15, 0.2) is 17.3 Å². The number of para-hydroxylation sites is 1. The summed E-state index contributed by atoms with van der Waals surface area (Å²) in [6.07, 6.45) is 5.66. The Kier molecular flexibility index (Phi) is 3.95. The standard InChI is InChI=1S/C17H22O3/c1-2-12-5-3-6-13(11-12)16(18)14-7-4-8-15-17(14)20-10-9-19-15/h4,7-8,12-13H,2-3,5-6,9-11H2,1H3. The molecule has 0 saturated heterocycles. The van der Waals surface area contributed by atoms with E-state index >= 15 is 0 Å². The van der Waals surface area contributed by atoms with Gasteiger partial charge < -0.3 is 9.47 Å². The summed E-state index contributed by atoms with van der Waals surface area (Å²) in [7, 11) is 0. The molecule has 0 aromatic heterocycles. The molecule has 1 aliphatic heterocycles. The molecule has 1 saturated carbocycles. The van der Waals surface area contributed by atoms with Gasteiger partial charge in [0.1, 0.15) is 13.2 Å². The van der Waals surface area contributed by atoms with Crippen LogP contribution in [0.4, 0.5) is 0 Å². The minimum absolute atomic E-state index is 0.158. The maximum absolute atomic E-state index is 12.8. The first-order valence-electron chi connectivity index (χ1n) is 7.72. The van der Waals surface area contributed by atoms with E-state index in [2.05, 4.69) is 6.92 Å². The molecule has 2 atom stereocenters. The highest BCUT2D eigenvalue weighted by Crippen LogP contribution is 2.38. The summed E-state index contributed by atoms with van der Waals surface area (Å²) in [5.41, 5.74) is 0.712. The van der Waals surface area contributed by atoms with Crippen LogP contribution in [0, 0.1) is 11.8 Å². The van der Waals surface area contributed by atoms with Crippen LogP contribution in [-0.2, 0) is 0 Å². The Morgan fingerprint density at radius 3 is 2.95 bits per heavy atom. The highest BCUT2D eigenvalue weighted by molar-refractivity contribution is 6.01. The van der Waals surface area contributed by atoms with Gasteiger partial charge in [0, 0.05) is 5.92 Å². The van der Waals surface area contributed by atoms with E-state index in [1.54, 1.807) is 0 Å². The molecule has 108 valence electrons. The number of fused-ring (bicyclic) bond motifs is 1. The number of carbonyl (C=O) groups excluding carboxylic acids is 1. The molecule has 20 heavy (non-hydrogen) atoms. The monoisotopic (exact) mass is 274 g/mol. The molecule has 3 rings (SSSR count). The van der Waals surface area contributed by atoms with Crippen LogP contribution in [0.25, 0.3) is 0 Å². The lowest BCUT2D eigenvalue weighted by molar-refractivity contribution is 0.0851. The van der Waals surface area contributed by atoms with Gasteiger partial charge in [0.2, 0.25) is 0 Å². The minimum atomic E-state index is 0.158. The van der Waals surface area contributed by atoms with Crippen molar-refractivity contribution in [3.8, 4) is 11.5 Å². The maximum Gasteiger partial charge on any atom is 0.172 e. The Morgan fingerprint density at radius 2 is 2.10 bits per heavy atom. The van der Waals surface area contributed by atoms with Crippen LogP contribution >= 0.6 is 0 Å². The van der Waals surface area contributed by atoms with Gasteiger partial charge in [-0.15, -0.1) is 0 Å². The van der Waals surface area contributed by atoms with Crippen LogP contribution in [-0.4, -0.2) is 19.0 Å². The number of carbonyl (C=O) groups is 1. The first-order chi connectivity index (χ1) is 9.79. The van der Waals surface area contributed by atoms with Crippen LogP contribution < -0.4 is 9.47 Å². The zero-order valence-corrected chi connectivity index (χ0v) is 12.1. The molecular weight excluding hydrogens is 252 g/mol. The molecular formula is C17H22O3. The highest BCUT2D eigenvalue weighted by Gasteiger charge is 2.30. The third-order valence-electron chi connectivity index (χ3n) is 4.56. The third kappa shape index (κ3) is 2.54. The van der Waals surface area contributed by atoms with E-state index in [0.29, 0.717) is 36.2 Å². The Morgan fingerprint density at radius 1 is 1.25 bits per heavy atom. The number of ether oxygens (including phenoxy) is 2. The van der Waals surface area contributed by atoms with Gasteiger partial charge in [-0.25, -0.2) is 0 Å². The van der Waals surface area contributed by atoms with E-state index in [1.807, 2.05) is 18.2 Å². The Balaban J connectivity index is 1.83. The van der Waals surface area contributed by atoms with Gasteiger partial charge in [-0.1, -0.05) is 32.3 Å². The first-order valence-corrected chi connectivity index (χ1v) is 7.72. The number of rotatable bonds is 3. The second-order valence-corrected chi connectivity index (χ2v) is 5.83. The summed E-state index contributed by atoms with van der Waals surface area (Å²) in [5, 5.41) is 0. The van der Waals surface area contributed by atoms with Crippen molar-refractivity contribution < 1.29 is 14.3 Å². The first kappa shape index (κ1) is 13.5. The molecule has 3 nitrogen and oxygen atoms in total. The van der Waals surface area contributed by atoms with Gasteiger partial charge in [-0.05, 0) is 30.9 Å². The van der Waals surface area contributed by atoms with Crippen LogP contribution in [0.2, 0.25) is 0 Å². The van der Waals surface area contributed by atoms with Crippen molar-refractivity contribution in [2.75, 3.05) is 13.2 Å². The van der Waals surface area contributed by atoms with Gasteiger partial charge in [0.05, 0.1) is 5.56 Å². The van der Waals surface area contributed by atoms with E-state index in [-0.39, 0.29) is 11.7 Å². The van der Waals surface area contributed by atoms with Crippen molar-refractivity contribution in [3.05, 3.63) is 23.8 Å².